The van der Waals surface area contributed by atoms with Crippen LogP contribution < -0.4 is 10.1 Å². The molecule has 0 radical (unpaired) electrons. The van der Waals surface area contributed by atoms with Gasteiger partial charge in [0, 0.05) is 12.1 Å². The quantitative estimate of drug-likeness (QED) is 0.506. The number of carbonyl (C=O) groups is 2. The van der Waals surface area contributed by atoms with Crippen LogP contribution in [0.5, 0.6) is 5.75 Å². The average Bonchev–Trinajstić information content (AvgIpc) is 2.81. The molecule has 1 fully saturated rings. The van der Waals surface area contributed by atoms with Crippen molar-refractivity contribution in [1.29, 1.82) is 0 Å². The van der Waals surface area contributed by atoms with E-state index in [1.54, 1.807) is 7.11 Å². The smallest absolute Gasteiger partial charge is 0.407 e. The third-order valence-corrected chi connectivity index (χ3v) is 6.72. The predicted octanol–water partition coefficient (Wildman–Crippen LogP) is 4.65. The third kappa shape index (κ3) is 5.69. The van der Waals surface area contributed by atoms with E-state index in [1.807, 2.05) is 24.3 Å². The van der Waals surface area contributed by atoms with Crippen LogP contribution in [0.15, 0.2) is 48.1 Å². The summed E-state index contributed by atoms with van der Waals surface area (Å²) in [4.78, 5) is 24.2. The molecular formula is C25H33NO5. The Hall–Kier alpha value is -2.76. The molecule has 1 amide bonds. The van der Waals surface area contributed by atoms with Gasteiger partial charge >= 0.3 is 12.1 Å². The lowest BCUT2D eigenvalue weighted by atomic mass is 9.61. The van der Waals surface area contributed by atoms with Crippen molar-refractivity contribution in [3.63, 3.8) is 0 Å². The van der Waals surface area contributed by atoms with Crippen molar-refractivity contribution < 1.29 is 23.8 Å². The Labute approximate surface area is 184 Å². The molecule has 0 aromatic heterocycles. The summed E-state index contributed by atoms with van der Waals surface area (Å²) in [6.07, 6.45) is 5.49. The summed E-state index contributed by atoms with van der Waals surface area (Å²) in [5.74, 6) is 2.11. The van der Waals surface area contributed by atoms with Gasteiger partial charge < -0.3 is 19.5 Å². The van der Waals surface area contributed by atoms with Crippen LogP contribution in [0.4, 0.5) is 4.79 Å². The average molecular weight is 428 g/mol. The molecule has 1 aromatic carbocycles. The van der Waals surface area contributed by atoms with Gasteiger partial charge in [0.2, 0.25) is 0 Å². The van der Waals surface area contributed by atoms with Gasteiger partial charge in [-0.1, -0.05) is 31.7 Å². The number of amides is 1. The third-order valence-electron chi connectivity index (χ3n) is 6.72. The topological polar surface area (TPSA) is 73.9 Å². The van der Waals surface area contributed by atoms with Gasteiger partial charge in [0.05, 0.1) is 14.2 Å². The van der Waals surface area contributed by atoms with Crippen LogP contribution in [-0.2, 0) is 20.8 Å². The molecule has 3 rings (SSSR count). The van der Waals surface area contributed by atoms with Gasteiger partial charge in [-0.2, -0.15) is 0 Å². The van der Waals surface area contributed by atoms with Gasteiger partial charge in [-0.25, -0.2) is 9.59 Å². The van der Waals surface area contributed by atoms with E-state index in [1.165, 1.54) is 7.11 Å². The largest absolute Gasteiger partial charge is 0.497 e. The van der Waals surface area contributed by atoms with E-state index in [0.29, 0.717) is 18.4 Å². The first kappa shape index (κ1) is 22.9. The Balaban J connectivity index is 1.54. The van der Waals surface area contributed by atoms with E-state index < -0.39 is 6.09 Å². The van der Waals surface area contributed by atoms with Gasteiger partial charge in [0.15, 0.2) is 0 Å². The number of ether oxygens (including phenoxy) is 3. The number of methoxy groups -OCH3 is 2. The molecule has 4 atom stereocenters. The molecule has 2 aliphatic rings. The second-order valence-electron chi connectivity index (χ2n) is 8.56. The standard InChI is InChI=1S/C25H33NO5/c1-16-5-11-22(23-13-19(24(27)30-4)8-12-21(16)23)17(2)15-31-25(28)26-14-18-6-9-20(29-3)10-7-18/h6-7,9-10,13,16,21-23H,2,5,8,11-12,14-15H2,1,3-4H3,(H,26,28)/t16-,21-,22+,23-/m0/s1. The highest BCUT2D eigenvalue weighted by molar-refractivity contribution is 5.88. The van der Waals surface area contributed by atoms with Crippen molar-refractivity contribution in [2.24, 2.45) is 23.7 Å². The van der Waals surface area contributed by atoms with Crippen molar-refractivity contribution in [1.82, 2.24) is 5.32 Å². The molecule has 0 unspecified atom stereocenters. The molecule has 6 heteroatoms. The Morgan fingerprint density at radius 2 is 1.87 bits per heavy atom. The predicted molar refractivity (Wildman–Crippen MR) is 119 cm³/mol. The second-order valence-corrected chi connectivity index (χ2v) is 8.56. The Morgan fingerprint density at radius 3 is 2.55 bits per heavy atom. The number of hydrogen-bond acceptors (Lipinski definition) is 5. The van der Waals surface area contributed by atoms with E-state index in [-0.39, 0.29) is 24.4 Å². The van der Waals surface area contributed by atoms with Crippen LogP contribution in [-0.4, -0.2) is 32.9 Å². The molecule has 0 heterocycles. The summed E-state index contributed by atoms with van der Waals surface area (Å²) in [5.41, 5.74) is 2.63. The molecule has 6 nitrogen and oxygen atoms in total. The highest BCUT2D eigenvalue weighted by Gasteiger charge is 2.40. The lowest BCUT2D eigenvalue weighted by Crippen LogP contribution is -2.37. The van der Waals surface area contributed by atoms with Gasteiger partial charge in [-0.15, -0.1) is 0 Å². The van der Waals surface area contributed by atoms with Crippen molar-refractivity contribution in [2.45, 2.75) is 39.2 Å². The zero-order chi connectivity index (χ0) is 22.4. The van der Waals surface area contributed by atoms with Crippen molar-refractivity contribution in [2.75, 3.05) is 20.8 Å². The van der Waals surface area contributed by atoms with Gasteiger partial charge in [-0.3, -0.25) is 0 Å². The number of esters is 1. The Morgan fingerprint density at radius 1 is 1.13 bits per heavy atom. The SMILES string of the molecule is C=C(COC(=O)NCc1ccc(OC)cc1)[C@H]1CC[C@H](C)[C@@H]2CCC(C(=O)OC)=C[C@@H]21. The Kier molecular flexibility index (Phi) is 7.77. The van der Waals surface area contributed by atoms with Crippen LogP contribution in [0.25, 0.3) is 0 Å². The fourth-order valence-electron chi connectivity index (χ4n) is 4.89. The van der Waals surface area contributed by atoms with Gasteiger partial charge in [-0.05, 0) is 72.6 Å². The normalized spacial score (nSPS) is 24.9. The fourth-order valence-corrected chi connectivity index (χ4v) is 4.89. The molecule has 1 N–H and O–H groups in total. The Bertz CT molecular complexity index is 829. The molecule has 31 heavy (non-hydrogen) atoms. The van der Waals surface area contributed by atoms with Gasteiger partial charge in [0.1, 0.15) is 12.4 Å². The maximum atomic E-state index is 12.2. The van der Waals surface area contributed by atoms with E-state index >= 15 is 0 Å². The second kappa shape index (κ2) is 10.5. The first-order chi connectivity index (χ1) is 14.9. The number of nitrogens with one attached hydrogen (secondary N) is 1. The molecule has 1 aromatic rings. The number of carbonyl (C=O) groups excluding carboxylic acids is 2. The van der Waals surface area contributed by atoms with Crippen molar-refractivity contribution in [3.05, 3.63) is 53.6 Å². The van der Waals surface area contributed by atoms with Gasteiger partial charge in [0.25, 0.3) is 0 Å². The number of hydrogen-bond donors (Lipinski definition) is 1. The highest BCUT2D eigenvalue weighted by atomic mass is 16.5. The van der Waals surface area contributed by atoms with Crippen LogP contribution in [0, 0.1) is 23.7 Å². The minimum absolute atomic E-state index is 0.179. The molecule has 0 saturated heterocycles. The molecule has 168 valence electrons. The van der Waals surface area contributed by atoms with Crippen LogP contribution in [0.3, 0.4) is 0 Å². The zero-order valence-corrected chi connectivity index (χ0v) is 18.7. The first-order valence-electron chi connectivity index (χ1n) is 10.9. The van der Waals surface area contributed by atoms with Crippen molar-refractivity contribution in [3.8, 4) is 5.75 Å². The summed E-state index contributed by atoms with van der Waals surface area (Å²) >= 11 is 0. The molecule has 1 saturated carbocycles. The summed E-state index contributed by atoms with van der Waals surface area (Å²) < 4.78 is 15.5. The van der Waals surface area contributed by atoms with E-state index in [0.717, 1.165) is 48.1 Å². The minimum Gasteiger partial charge on any atom is -0.497 e. The number of fused-ring (bicyclic) bond motifs is 1. The number of benzene rings is 1. The molecule has 0 bridgehead atoms. The van der Waals surface area contributed by atoms with Crippen LogP contribution in [0.2, 0.25) is 0 Å². The highest BCUT2D eigenvalue weighted by Crippen LogP contribution is 2.47. The van der Waals surface area contributed by atoms with Crippen LogP contribution >= 0.6 is 0 Å². The van der Waals surface area contributed by atoms with E-state index in [2.05, 4.69) is 24.9 Å². The molecule has 0 spiro atoms. The minimum atomic E-state index is -0.466. The number of alkyl carbamates (subject to hydrolysis) is 1. The number of rotatable bonds is 7. The van der Waals surface area contributed by atoms with E-state index in [4.69, 9.17) is 14.2 Å². The maximum Gasteiger partial charge on any atom is 0.407 e. The molecule has 0 aliphatic heterocycles. The lowest BCUT2D eigenvalue weighted by molar-refractivity contribution is -0.136. The molecular weight excluding hydrogens is 394 g/mol. The monoisotopic (exact) mass is 427 g/mol. The zero-order valence-electron chi connectivity index (χ0n) is 18.7. The summed E-state index contributed by atoms with van der Waals surface area (Å²) in [6, 6.07) is 7.50. The van der Waals surface area contributed by atoms with E-state index in [9.17, 15) is 9.59 Å². The first-order valence-corrected chi connectivity index (χ1v) is 10.9. The van der Waals surface area contributed by atoms with Crippen molar-refractivity contribution >= 4 is 12.1 Å². The summed E-state index contributed by atoms with van der Waals surface area (Å²) in [5, 5.41) is 2.77. The lowest BCUT2D eigenvalue weighted by Gasteiger charge is -2.44. The number of allylic oxidation sites excluding steroid dienone is 1. The van der Waals surface area contributed by atoms with Crippen LogP contribution in [0.1, 0.15) is 38.2 Å². The maximum absolute atomic E-state index is 12.2. The summed E-state index contributed by atoms with van der Waals surface area (Å²) in [7, 11) is 3.04. The fraction of sp³-hybridized carbons (Fsp3) is 0.520. The molecule has 2 aliphatic carbocycles. The summed E-state index contributed by atoms with van der Waals surface area (Å²) in [6.45, 7) is 7.08.